The summed E-state index contributed by atoms with van der Waals surface area (Å²) in [5.74, 6) is 1.49. The summed E-state index contributed by atoms with van der Waals surface area (Å²) in [7, 11) is 0. The van der Waals surface area contributed by atoms with Crippen molar-refractivity contribution < 1.29 is 23.0 Å². The molecule has 2 rings (SSSR count). The average Bonchev–Trinajstić information content (AvgIpc) is 3.10. The van der Waals surface area contributed by atoms with Crippen LogP contribution in [0, 0.1) is 0 Å². The summed E-state index contributed by atoms with van der Waals surface area (Å²) >= 11 is 1.94. The van der Waals surface area contributed by atoms with E-state index in [9.17, 15) is 18.3 Å². The highest BCUT2D eigenvalue weighted by Gasteiger charge is 2.31. The molecule has 2 atom stereocenters. The van der Waals surface area contributed by atoms with Gasteiger partial charge in [-0.3, -0.25) is 4.99 Å². The van der Waals surface area contributed by atoms with Crippen molar-refractivity contribution in [3.05, 3.63) is 29.8 Å². The minimum atomic E-state index is -4.73. The van der Waals surface area contributed by atoms with Crippen LogP contribution in [0.2, 0.25) is 0 Å². The quantitative estimate of drug-likeness (QED) is 0.292. The van der Waals surface area contributed by atoms with Gasteiger partial charge in [0.25, 0.3) is 0 Å². The molecule has 0 radical (unpaired) electrons. The fraction of sp³-hybridized carbons (Fsp3) is 0.588. The summed E-state index contributed by atoms with van der Waals surface area (Å²) in [6, 6.07) is 5.15. The van der Waals surface area contributed by atoms with Gasteiger partial charge in [0.15, 0.2) is 5.96 Å². The van der Waals surface area contributed by atoms with Gasteiger partial charge in [-0.2, -0.15) is 11.8 Å². The maximum atomic E-state index is 12.2. The number of nitrogens with one attached hydrogen (secondary N) is 2. The van der Waals surface area contributed by atoms with E-state index in [1.165, 1.54) is 42.9 Å². The Kier molecular flexibility index (Phi) is 10.6. The molecule has 1 aromatic carbocycles. The number of rotatable bonds is 7. The number of aliphatic hydroxyl groups is 1. The topological polar surface area (TPSA) is 65.9 Å². The first-order valence-corrected chi connectivity index (χ1v) is 9.60. The van der Waals surface area contributed by atoms with E-state index in [1.807, 2.05) is 18.7 Å². The molecule has 10 heteroatoms. The number of nitrogens with zero attached hydrogens (tertiary/aromatic N) is 1. The number of alkyl halides is 3. The smallest absolute Gasteiger partial charge is 0.406 e. The number of benzene rings is 1. The van der Waals surface area contributed by atoms with Crippen LogP contribution in [0.15, 0.2) is 29.3 Å². The van der Waals surface area contributed by atoms with Crippen LogP contribution in [0.3, 0.4) is 0 Å². The van der Waals surface area contributed by atoms with Gasteiger partial charge in [-0.25, -0.2) is 0 Å². The molecule has 0 saturated carbocycles. The summed E-state index contributed by atoms with van der Waals surface area (Å²) in [6.07, 6.45) is -3.22. The minimum absolute atomic E-state index is 0. The second-order valence-electron chi connectivity index (χ2n) is 5.87. The molecular formula is C17H25F3IN3O2S. The second-order valence-corrected chi connectivity index (χ2v) is 7.28. The summed E-state index contributed by atoms with van der Waals surface area (Å²) < 4.78 is 40.3. The van der Waals surface area contributed by atoms with Crippen LogP contribution < -0.4 is 15.4 Å². The molecule has 1 fully saturated rings. The van der Waals surface area contributed by atoms with E-state index in [1.54, 1.807) is 0 Å². The number of halogens is 4. The van der Waals surface area contributed by atoms with Crippen molar-refractivity contribution in [1.82, 2.24) is 10.6 Å². The van der Waals surface area contributed by atoms with Crippen molar-refractivity contribution in [2.45, 2.75) is 37.5 Å². The molecule has 2 unspecified atom stereocenters. The summed E-state index contributed by atoms with van der Waals surface area (Å²) in [6.45, 7) is 3.57. The molecule has 0 spiro atoms. The predicted octanol–water partition coefficient (Wildman–Crippen LogP) is 3.69. The van der Waals surface area contributed by atoms with E-state index >= 15 is 0 Å². The Hall–Kier alpha value is -0.880. The Bertz CT molecular complexity index is 582. The van der Waals surface area contributed by atoms with Crippen LogP contribution in [-0.4, -0.2) is 48.1 Å². The Morgan fingerprint density at radius 1 is 1.33 bits per heavy atom. The maximum absolute atomic E-state index is 12.2. The number of aliphatic hydroxyl groups excluding tert-OH is 1. The van der Waals surface area contributed by atoms with Gasteiger partial charge in [-0.15, -0.1) is 37.1 Å². The normalized spacial score (nSPS) is 18.6. The van der Waals surface area contributed by atoms with Crippen molar-refractivity contribution in [3.8, 4) is 5.75 Å². The highest BCUT2D eigenvalue weighted by atomic mass is 127. The van der Waals surface area contributed by atoms with Crippen LogP contribution in [-0.2, 0) is 0 Å². The van der Waals surface area contributed by atoms with E-state index in [2.05, 4.69) is 20.4 Å². The number of aliphatic imine (C=N–C) groups is 1. The molecule has 1 aliphatic rings. The van der Waals surface area contributed by atoms with Gasteiger partial charge in [0, 0.05) is 18.3 Å². The molecule has 0 aromatic heterocycles. The van der Waals surface area contributed by atoms with Crippen LogP contribution in [0.5, 0.6) is 5.75 Å². The number of hydrogen-bond acceptors (Lipinski definition) is 4. The highest BCUT2D eigenvalue weighted by Crippen LogP contribution is 2.25. The van der Waals surface area contributed by atoms with Gasteiger partial charge in [-0.05, 0) is 43.2 Å². The van der Waals surface area contributed by atoms with Crippen molar-refractivity contribution in [1.29, 1.82) is 0 Å². The first-order valence-electron chi connectivity index (χ1n) is 8.55. The van der Waals surface area contributed by atoms with Gasteiger partial charge in [0.2, 0.25) is 0 Å². The number of thioether (sulfide) groups is 1. The maximum Gasteiger partial charge on any atom is 0.573 e. The molecule has 1 saturated heterocycles. The lowest BCUT2D eigenvalue weighted by Gasteiger charge is -2.16. The average molecular weight is 519 g/mol. The third-order valence-electron chi connectivity index (χ3n) is 3.79. The van der Waals surface area contributed by atoms with Crippen LogP contribution in [0.4, 0.5) is 13.2 Å². The van der Waals surface area contributed by atoms with Crippen molar-refractivity contribution in [2.24, 2.45) is 4.99 Å². The lowest BCUT2D eigenvalue weighted by molar-refractivity contribution is -0.274. The van der Waals surface area contributed by atoms with E-state index < -0.39 is 12.5 Å². The van der Waals surface area contributed by atoms with E-state index in [-0.39, 0.29) is 36.3 Å². The summed E-state index contributed by atoms with van der Waals surface area (Å²) in [5.41, 5.74) is 0.477. The molecule has 154 valence electrons. The molecule has 1 aliphatic heterocycles. The Morgan fingerprint density at radius 3 is 2.59 bits per heavy atom. The van der Waals surface area contributed by atoms with Crippen LogP contribution in [0.1, 0.15) is 31.4 Å². The van der Waals surface area contributed by atoms with Crippen molar-refractivity contribution in [2.75, 3.05) is 25.4 Å². The first-order chi connectivity index (χ1) is 12.4. The fourth-order valence-electron chi connectivity index (χ4n) is 2.53. The molecule has 27 heavy (non-hydrogen) atoms. The van der Waals surface area contributed by atoms with E-state index in [4.69, 9.17) is 0 Å². The molecule has 0 bridgehead atoms. The van der Waals surface area contributed by atoms with Crippen LogP contribution >= 0.6 is 35.7 Å². The highest BCUT2D eigenvalue weighted by molar-refractivity contribution is 14.0. The van der Waals surface area contributed by atoms with Crippen molar-refractivity contribution in [3.63, 3.8) is 0 Å². The molecule has 0 aliphatic carbocycles. The molecule has 1 aromatic rings. The summed E-state index contributed by atoms with van der Waals surface area (Å²) in [4.78, 5) is 4.36. The predicted molar refractivity (Wildman–Crippen MR) is 113 cm³/mol. The van der Waals surface area contributed by atoms with Gasteiger partial charge < -0.3 is 20.5 Å². The summed E-state index contributed by atoms with van der Waals surface area (Å²) in [5, 5.41) is 17.2. The number of guanidine groups is 1. The van der Waals surface area contributed by atoms with E-state index in [0.29, 0.717) is 23.3 Å². The zero-order valence-electron chi connectivity index (χ0n) is 15.0. The zero-order chi connectivity index (χ0) is 19.0. The Morgan fingerprint density at radius 2 is 2.04 bits per heavy atom. The Labute approximate surface area is 178 Å². The SMILES string of the molecule is CCNC(=NCC(O)c1ccc(OC(F)(F)F)cc1)NCC1CCCS1.I. The number of ether oxygens (including phenoxy) is 1. The van der Waals surface area contributed by atoms with Crippen molar-refractivity contribution >= 4 is 41.7 Å². The minimum Gasteiger partial charge on any atom is -0.406 e. The molecule has 3 N–H and O–H groups in total. The van der Waals surface area contributed by atoms with Gasteiger partial charge in [-0.1, -0.05) is 12.1 Å². The second kappa shape index (κ2) is 11.8. The lowest BCUT2D eigenvalue weighted by atomic mass is 10.1. The van der Waals surface area contributed by atoms with Gasteiger partial charge in [0.05, 0.1) is 12.6 Å². The molecule has 0 amide bonds. The third-order valence-corrected chi connectivity index (χ3v) is 5.18. The third kappa shape index (κ3) is 9.24. The first kappa shape index (κ1) is 24.2. The molecule has 5 nitrogen and oxygen atoms in total. The number of hydrogen-bond donors (Lipinski definition) is 3. The van der Waals surface area contributed by atoms with Gasteiger partial charge >= 0.3 is 6.36 Å². The van der Waals surface area contributed by atoms with Gasteiger partial charge in [0.1, 0.15) is 5.75 Å². The van der Waals surface area contributed by atoms with Crippen LogP contribution in [0.25, 0.3) is 0 Å². The largest absolute Gasteiger partial charge is 0.573 e. The fourth-order valence-corrected chi connectivity index (χ4v) is 3.73. The van der Waals surface area contributed by atoms with E-state index in [0.717, 1.165) is 6.54 Å². The zero-order valence-corrected chi connectivity index (χ0v) is 18.1. The lowest BCUT2D eigenvalue weighted by Crippen LogP contribution is -2.40. The Balaban J connectivity index is 0.00000364. The standard InChI is InChI=1S/C17H24F3N3O2S.HI/c1-2-21-16(22-10-14-4-3-9-26-14)23-11-15(24)12-5-7-13(8-6-12)25-17(18,19)20;/h5-8,14-15,24H,2-4,9-11H2,1H3,(H2,21,22,23);1H. The molecular weight excluding hydrogens is 494 g/mol. The molecule has 1 heterocycles. The monoisotopic (exact) mass is 519 g/mol.